The van der Waals surface area contributed by atoms with Gasteiger partial charge in [-0.05, 0) is 44.0 Å². The number of nitrogens with one attached hydrogen (secondary N) is 1. The van der Waals surface area contributed by atoms with Crippen molar-refractivity contribution in [2.45, 2.75) is 31.6 Å². The average molecular weight is 360 g/mol. The Labute approximate surface area is 149 Å². The van der Waals surface area contributed by atoms with Crippen LogP contribution in [0.5, 0.6) is 0 Å². The summed E-state index contributed by atoms with van der Waals surface area (Å²) in [6, 6.07) is 14.1. The Morgan fingerprint density at radius 3 is 2.40 bits per heavy atom. The number of hydrogen-bond donors (Lipinski definition) is 1. The van der Waals surface area contributed by atoms with E-state index in [0.29, 0.717) is 6.42 Å². The lowest BCUT2D eigenvalue weighted by molar-refractivity contribution is -0.116. The molecule has 2 aromatic rings. The molecule has 0 fully saturated rings. The van der Waals surface area contributed by atoms with Crippen molar-refractivity contribution < 1.29 is 13.2 Å². The highest BCUT2D eigenvalue weighted by Gasteiger charge is 2.20. The molecule has 6 heteroatoms. The standard InChI is InChI=1S/C19H24N2O3S/c1-15-11-12-18(16(2)14-15)20-19(22)10-7-13-21(3)25(23,24)17-8-5-4-6-9-17/h4-6,8-9,11-12,14H,7,10,13H2,1-3H3,(H,20,22). The van der Waals surface area contributed by atoms with E-state index in [9.17, 15) is 13.2 Å². The Hall–Kier alpha value is -2.18. The number of hydrogen-bond acceptors (Lipinski definition) is 3. The number of anilines is 1. The van der Waals surface area contributed by atoms with Gasteiger partial charge < -0.3 is 5.32 Å². The number of sulfonamides is 1. The maximum atomic E-state index is 12.4. The zero-order valence-corrected chi connectivity index (χ0v) is 15.6. The number of carbonyl (C=O) groups excluding carboxylic acids is 1. The maximum absolute atomic E-state index is 12.4. The van der Waals surface area contributed by atoms with Gasteiger partial charge in [-0.3, -0.25) is 4.79 Å². The van der Waals surface area contributed by atoms with Gasteiger partial charge >= 0.3 is 0 Å². The van der Waals surface area contributed by atoms with Gasteiger partial charge in [-0.15, -0.1) is 0 Å². The van der Waals surface area contributed by atoms with Crippen molar-refractivity contribution in [1.29, 1.82) is 0 Å². The van der Waals surface area contributed by atoms with E-state index in [4.69, 9.17) is 0 Å². The molecule has 0 atom stereocenters. The Bertz CT molecular complexity index is 833. The van der Waals surface area contributed by atoms with Crippen LogP contribution in [0.4, 0.5) is 5.69 Å². The molecule has 1 amide bonds. The van der Waals surface area contributed by atoms with Crippen LogP contribution < -0.4 is 5.32 Å². The summed E-state index contributed by atoms with van der Waals surface area (Å²) in [5, 5.41) is 2.87. The van der Waals surface area contributed by atoms with Gasteiger partial charge in [-0.25, -0.2) is 12.7 Å². The number of aryl methyl sites for hydroxylation is 2. The predicted molar refractivity (Wildman–Crippen MR) is 100 cm³/mol. The molecular weight excluding hydrogens is 336 g/mol. The number of benzene rings is 2. The molecule has 5 nitrogen and oxygen atoms in total. The summed E-state index contributed by atoms with van der Waals surface area (Å²) in [6.07, 6.45) is 0.723. The normalized spacial score (nSPS) is 11.5. The third-order valence-corrected chi connectivity index (χ3v) is 5.86. The Morgan fingerprint density at radius 1 is 1.08 bits per heavy atom. The Morgan fingerprint density at radius 2 is 1.76 bits per heavy atom. The average Bonchev–Trinajstić information content (AvgIpc) is 2.58. The number of nitrogens with zero attached hydrogens (tertiary/aromatic N) is 1. The van der Waals surface area contributed by atoms with Crippen LogP contribution >= 0.6 is 0 Å². The van der Waals surface area contributed by atoms with Gasteiger partial charge in [0.25, 0.3) is 0 Å². The first kappa shape index (κ1) is 19.1. The second kappa shape index (κ2) is 8.27. The highest BCUT2D eigenvalue weighted by Crippen LogP contribution is 2.17. The van der Waals surface area contributed by atoms with E-state index in [1.54, 1.807) is 30.3 Å². The van der Waals surface area contributed by atoms with Crippen LogP contribution in [0.1, 0.15) is 24.0 Å². The molecule has 0 bridgehead atoms. The van der Waals surface area contributed by atoms with Gasteiger partial charge in [-0.2, -0.15) is 0 Å². The lowest BCUT2D eigenvalue weighted by Gasteiger charge is -2.17. The minimum Gasteiger partial charge on any atom is -0.326 e. The van der Waals surface area contributed by atoms with Gasteiger partial charge in [-0.1, -0.05) is 35.9 Å². The van der Waals surface area contributed by atoms with Crippen LogP contribution in [0.3, 0.4) is 0 Å². The molecule has 0 unspecified atom stereocenters. The van der Waals surface area contributed by atoms with Crippen molar-refractivity contribution in [3.63, 3.8) is 0 Å². The molecular formula is C19H24N2O3S. The van der Waals surface area contributed by atoms with E-state index < -0.39 is 10.0 Å². The van der Waals surface area contributed by atoms with Crippen molar-refractivity contribution in [3.05, 3.63) is 59.7 Å². The van der Waals surface area contributed by atoms with E-state index >= 15 is 0 Å². The first-order chi connectivity index (χ1) is 11.8. The van der Waals surface area contributed by atoms with E-state index in [0.717, 1.165) is 16.8 Å². The topological polar surface area (TPSA) is 66.5 Å². The molecule has 0 radical (unpaired) electrons. The van der Waals surface area contributed by atoms with Crippen LogP contribution in [0.2, 0.25) is 0 Å². The summed E-state index contributed by atoms with van der Waals surface area (Å²) < 4.78 is 26.1. The van der Waals surface area contributed by atoms with Gasteiger partial charge in [0.05, 0.1) is 4.90 Å². The molecule has 2 aromatic carbocycles. The van der Waals surface area contributed by atoms with Crippen LogP contribution in [0, 0.1) is 13.8 Å². The fraction of sp³-hybridized carbons (Fsp3) is 0.316. The smallest absolute Gasteiger partial charge is 0.242 e. The minimum absolute atomic E-state index is 0.113. The molecule has 1 N–H and O–H groups in total. The van der Waals surface area contributed by atoms with Crippen LogP contribution in [-0.4, -0.2) is 32.2 Å². The van der Waals surface area contributed by atoms with E-state index in [2.05, 4.69) is 5.32 Å². The molecule has 0 saturated heterocycles. The molecule has 0 saturated carbocycles. The molecule has 134 valence electrons. The van der Waals surface area contributed by atoms with Gasteiger partial charge in [0.1, 0.15) is 0 Å². The summed E-state index contributed by atoms with van der Waals surface area (Å²) in [4.78, 5) is 12.3. The third kappa shape index (κ3) is 5.14. The van der Waals surface area contributed by atoms with Crippen LogP contribution in [0.25, 0.3) is 0 Å². The van der Waals surface area contributed by atoms with Gasteiger partial charge in [0.15, 0.2) is 0 Å². The summed E-state index contributed by atoms with van der Waals surface area (Å²) in [5.74, 6) is -0.113. The molecule has 0 aliphatic rings. The molecule has 0 aliphatic carbocycles. The molecule has 2 rings (SSSR count). The first-order valence-corrected chi connectivity index (χ1v) is 9.63. The summed E-state index contributed by atoms with van der Waals surface area (Å²) in [7, 11) is -1.97. The predicted octanol–water partition coefficient (Wildman–Crippen LogP) is 3.34. The van der Waals surface area contributed by atoms with Gasteiger partial charge in [0, 0.05) is 25.7 Å². The molecule has 0 aliphatic heterocycles. The van der Waals surface area contributed by atoms with Crippen LogP contribution in [-0.2, 0) is 14.8 Å². The fourth-order valence-corrected chi connectivity index (χ4v) is 3.75. The molecule has 0 spiro atoms. The lowest BCUT2D eigenvalue weighted by atomic mass is 10.1. The van der Waals surface area contributed by atoms with Crippen molar-refractivity contribution in [1.82, 2.24) is 4.31 Å². The Kier molecular flexibility index (Phi) is 6.33. The third-order valence-electron chi connectivity index (χ3n) is 3.98. The first-order valence-electron chi connectivity index (χ1n) is 8.19. The van der Waals surface area contributed by atoms with Gasteiger partial charge in [0.2, 0.25) is 15.9 Å². The van der Waals surface area contributed by atoms with Crippen molar-refractivity contribution in [3.8, 4) is 0 Å². The lowest BCUT2D eigenvalue weighted by Crippen LogP contribution is -2.28. The molecule has 0 aromatic heterocycles. The minimum atomic E-state index is -3.51. The quantitative estimate of drug-likeness (QED) is 0.823. The van der Waals surface area contributed by atoms with E-state index in [1.807, 2.05) is 32.0 Å². The van der Waals surface area contributed by atoms with Crippen molar-refractivity contribution >= 4 is 21.6 Å². The highest BCUT2D eigenvalue weighted by atomic mass is 32.2. The largest absolute Gasteiger partial charge is 0.326 e. The number of amides is 1. The summed E-state index contributed by atoms with van der Waals surface area (Å²) >= 11 is 0. The zero-order valence-electron chi connectivity index (χ0n) is 14.8. The Balaban J connectivity index is 1.86. The molecule has 0 heterocycles. The monoisotopic (exact) mass is 360 g/mol. The fourth-order valence-electron chi connectivity index (χ4n) is 2.52. The summed E-state index contributed by atoms with van der Waals surface area (Å²) in [5.41, 5.74) is 2.95. The number of carbonyl (C=O) groups is 1. The highest BCUT2D eigenvalue weighted by molar-refractivity contribution is 7.89. The summed E-state index contributed by atoms with van der Waals surface area (Å²) in [6.45, 7) is 4.24. The second-order valence-corrected chi connectivity index (χ2v) is 8.15. The zero-order chi connectivity index (χ0) is 18.4. The van der Waals surface area contributed by atoms with E-state index in [-0.39, 0.29) is 23.8 Å². The SMILES string of the molecule is Cc1ccc(NC(=O)CCCN(C)S(=O)(=O)c2ccccc2)c(C)c1. The van der Waals surface area contributed by atoms with Crippen LogP contribution in [0.15, 0.2) is 53.4 Å². The second-order valence-electron chi connectivity index (χ2n) is 6.11. The van der Waals surface area contributed by atoms with Crippen molar-refractivity contribution in [2.75, 3.05) is 18.9 Å². The van der Waals surface area contributed by atoms with Crippen molar-refractivity contribution in [2.24, 2.45) is 0 Å². The van der Waals surface area contributed by atoms with E-state index in [1.165, 1.54) is 11.4 Å². The number of rotatable bonds is 7. The molecule has 25 heavy (non-hydrogen) atoms. The maximum Gasteiger partial charge on any atom is 0.242 e.